The van der Waals surface area contributed by atoms with Gasteiger partial charge >= 0.3 is 5.97 Å². The summed E-state index contributed by atoms with van der Waals surface area (Å²) in [6, 6.07) is 6.96. The molecule has 1 atom stereocenters. The van der Waals surface area contributed by atoms with Crippen molar-refractivity contribution in [3.63, 3.8) is 0 Å². The zero-order chi connectivity index (χ0) is 12.8. The lowest BCUT2D eigenvalue weighted by Crippen LogP contribution is -2.15. The molecule has 1 aromatic rings. The smallest absolute Gasteiger partial charge is 0.311 e. The molecule has 0 amide bonds. The number of hydrogen-bond acceptors (Lipinski definition) is 2. The highest BCUT2D eigenvalue weighted by molar-refractivity contribution is 6.30. The Hall–Kier alpha value is -1.06. The number of aliphatic carboxylic acids is 1. The molecule has 0 saturated heterocycles. The van der Waals surface area contributed by atoms with Crippen molar-refractivity contribution < 1.29 is 14.6 Å². The Kier molecular flexibility index (Phi) is 5.45. The molecule has 4 heteroatoms. The Balaban J connectivity index is 2.69. The predicted octanol–water partition coefficient (Wildman–Crippen LogP) is 3.32. The highest BCUT2D eigenvalue weighted by Crippen LogP contribution is 2.23. The molecule has 0 saturated carbocycles. The minimum absolute atomic E-state index is 0.115. The summed E-state index contributed by atoms with van der Waals surface area (Å²) >= 11 is 5.85. The fourth-order valence-corrected chi connectivity index (χ4v) is 1.78. The second-order valence-corrected chi connectivity index (χ2v) is 4.59. The van der Waals surface area contributed by atoms with Gasteiger partial charge in [0.05, 0.1) is 12.0 Å². The average Bonchev–Trinajstić information content (AvgIpc) is 2.23. The Morgan fingerprint density at radius 3 is 2.71 bits per heavy atom. The van der Waals surface area contributed by atoms with E-state index in [0.717, 1.165) is 5.56 Å². The van der Waals surface area contributed by atoms with Gasteiger partial charge in [-0.15, -0.1) is 0 Å². The van der Waals surface area contributed by atoms with Crippen molar-refractivity contribution in [1.82, 2.24) is 0 Å². The van der Waals surface area contributed by atoms with Crippen LogP contribution in [0.3, 0.4) is 0 Å². The van der Waals surface area contributed by atoms with Crippen LogP contribution in [0.15, 0.2) is 24.3 Å². The van der Waals surface area contributed by atoms with Crippen LogP contribution in [0.5, 0.6) is 0 Å². The van der Waals surface area contributed by atoms with Crippen molar-refractivity contribution in [1.29, 1.82) is 0 Å². The third-order valence-corrected chi connectivity index (χ3v) is 2.64. The molecule has 0 radical (unpaired) electrons. The monoisotopic (exact) mass is 256 g/mol. The van der Waals surface area contributed by atoms with Crippen LogP contribution in [-0.2, 0) is 9.53 Å². The Labute approximate surface area is 106 Å². The highest BCUT2D eigenvalue weighted by atomic mass is 35.5. The zero-order valence-electron chi connectivity index (χ0n) is 10.0. The molecule has 1 unspecified atom stereocenters. The summed E-state index contributed by atoms with van der Waals surface area (Å²) in [5.41, 5.74) is 0.720. The number of carboxylic acid groups (broad SMARTS) is 1. The molecule has 3 nitrogen and oxygen atoms in total. The Bertz CT molecular complexity index is 377. The second-order valence-electron chi connectivity index (χ2n) is 4.15. The first-order chi connectivity index (χ1) is 8.00. The number of carbonyl (C=O) groups is 1. The van der Waals surface area contributed by atoms with E-state index in [9.17, 15) is 9.90 Å². The van der Waals surface area contributed by atoms with Crippen molar-refractivity contribution in [2.24, 2.45) is 0 Å². The summed E-state index contributed by atoms with van der Waals surface area (Å²) < 4.78 is 5.38. The van der Waals surface area contributed by atoms with Crippen LogP contribution >= 0.6 is 11.6 Å². The van der Waals surface area contributed by atoms with Gasteiger partial charge in [0.2, 0.25) is 0 Å². The molecule has 1 N–H and O–H groups in total. The molecule has 0 fully saturated rings. The lowest BCUT2D eigenvalue weighted by atomic mass is 9.96. The van der Waals surface area contributed by atoms with E-state index in [1.54, 1.807) is 24.3 Å². The van der Waals surface area contributed by atoms with Gasteiger partial charge in [-0.2, -0.15) is 0 Å². The first kappa shape index (κ1) is 14.0. The molecule has 0 aliphatic carbocycles. The third kappa shape index (κ3) is 4.75. The maximum atomic E-state index is 11.2. The summed E-state index contributed by atoms with van der Waals surface area (Å²) in [4.78, 5) is 11.2. The largest absolute Gasteiger partial charge is 0.481 e. The van der Waals surface area contributed by atoms with Crippen molar-refractivity contribution in [3.8, 4) is 0 Å². The third-order valence-electron chi connectivity index (χ3n) is 2.41. The fourth-order valence-electron chi connectivity index (χ4n) is 1.58. The van der Waals surface area contributed by atoms with Crippen LogP contribution in [0.2, 0.25) is 5.02 Å². The van der Waals surface area contributed by atoms with Crippen LogP contribution < -0.4 is 0 Å². The van der Waals surface area contributed by atoms with Gasteiger partial charge in [-0.05, 0) is 38.0 Å². The van der Waals surface area contributed by atoms with E-state index in [1.165, 1.54) is 0 Å². The zero-order valence-corrected chi connectivity index (χ0v) is 10.8. The van der Waals surface area contributed by atoms with Gasteiger partial charge in [0.15, 0.2) is 0 Å². The van der Waals surface area contributed by atoms with Crippen molar-refractivity contribution in [2.45, 2.75) is 32.3 Å². The van der Waals surface area contributed by atoms with Gasteiger partial charge < -0.3 is 9.84 Å². The number of rotatable bonds is 6. The molecule has 17 heavy (non-hydrogen) atoms. The molecule has 1 aromatic carbocycles. The summed E-state index contributed by atoms with van der Waals surface area (Å²) in [5.74, 6) is -1.41. The second kappa shape index (κ2) is 6.62. The molecule has 0 spiro atoms. The fraction of sp³-hybridized carbons (Fsp3) is 0.462. The van der Waals surface area contributed by atoms with Gasteiger partial charge in [-0.1, -0.05) is 23.7 Å². The van der Waals surface area contributed by atoms with Crippen LogP contribution in [0, 0.1) is 0 Å². The number of hydrogen-bond donors (Lipinski definition) is 1. The standard InChI is InChI=1S/C13H17ClO3/c1-9(2)17-7-6-12(13(15)16)10-4-3-5-11(14)8-10/h3-5,8-9,12H,6-7H2,1-2H3,(H,15,16). The average molecular weight is 257 g/mol. The number of halogens is 1. The number of ether oxygens (including phenoxy) is 1. The first-order valence-corrected chi connectivity index (χ1v) is 5.98. The van der Waals surface area contributed by atoms with Crippen molar-refractivity contribution >= 4 is 17.6 Å². The molecule has 94 valence electrons. The normalized spacial score (nSPS) is 12.7. The maximum Gasteiger partial charge on any atom is 0.311 e. The Morgan fingerprint density at radius 2 is 2.18 bits per heavy atom. The number of benzene rings is 1. The van der Waals surface area contributed by atoms with E-state index in [1.807, 2.05) is 13.8 Å². The molecule has 1 rings (SSSR count). The summed E-state index contributed by atoms with van der Waals surface area (Å²) in [6.07, 6.45) is 0.567. The van der Waals surface area contributed by atoms with Gasteiger partial charge in [-0.25, -0.2) is 0 Å². The summed E-state index contributed by atoms with van der Waals surface area (Å²) in [5, 5.41) is 9.74. The van der Waals surface area contributed by atoms with E-state index in [4.69, 9.17) is 16.3 Å². The van der Waals surface area contributed by atoms with E-state index in [-0.39, 0.29) is 6.10 Å². The van der Waals surface area contributed by atoms with E-state index in [0.29, 0.717) is 18.1 Å². The van der Waals surface area contributed by atoms with Crippen LogP contribution in [-0.4, -0.2) is 23.8 Å². The van der Waals surface area contributed by atoms with Crippen LogP contribution in [0.4, 0.5) is 0 Å². The molecular weight excluding hydrogens is 240 g/mol. The maximum absolute atomic E-state index is 11.2. The molecule has 0 aliphatic heterocycles. The van der Waals surface area contributed by atoms with Crippen molar-refractivity contribution in [2.75, 3.05) is 6.61 Å². The lowest BCUT2D eigenvalue weighted by molar-refractivity contribution is -0.139. The topological polar surface area (TPSA) is 46.5 Å². The highest BCUT2D eigenvalue weighted by Gasteiger charge is 2.19. The van der Waals surface area contributed by atoms with E-state index < -0.39 is 11.9 Å². The minimum Gasteiger partial charge on any atom is -0.481 e. The molecular formula is C13H17ClO3. The van der Waals surface area contributed by atoms with Crippen LogP contribution in [0.1, 0.15) is 31.7 Å². The Morgan fingerprint density at radius 1 is 1.47 bits per heavy atom. The quantitative estimate of drug-likeness (QED) is 0.849. The van der Waals surface area contributed by atoms with Gasteiger partial charge in [-0.3, -0.25) is 4.79 Å². The predicted molar refractivity (Wildman–Crippen MR) is 67.5 cm³/mol. The molecule has 0 bridgehead atoms. The summed E-state index contributed by atoms with van der Waals surface area (Å²) in [7, 11) is 0. The first-order valence-electron chi connectivity index (χ1n) is 5.60. The van der Waals surface area contributed by atoms with Gasteiger partial charge in [0, 0.05) is 11.6 Å². The van der Waals surface area contributed by atoms with E-state index in [2.05, 4.69) is 0 Å². The molecule has 0 aromatic heterocycles. The van der Waals surface area contributed by atoms with Gasteiger partial charge in [0.25, 0.3) is 0 Å². The SMILES string of the molecule is CC(C)OCCC(C(=O)O)c1cccc(Cl)c1. The van der Waals surface area contributed by atoms with Gasteiger partial charge in [0.1, 0.15) is 0 Å². The number of carboxylic acids is 1. The molecule has 0 aliphatic rings. The van der Waals surface area contributed by atoms with Crippen molar-refractivity contribution in [3.05, 3.63) is 34.9 Å². The van der Waals surface area contributed by atoms with E-state index >= 15 is 0 Å². The summed E-state index contributed by atoms with van der Waals surface area (Å²) in [6.45, 7) is 4.28. The molecule has 0 heterocycles. The minimum atomic E-state index is -0.848. The lowest BCUT2D eigenvalue weighted by Gasteiger charge is -2.14. The van der Waals surface area contributed by atoms with Crippen LogP contribution in [0.25, 0.3) is 0 Å².